The molecule has 5 atom stereocenters. The summed E-state index contributed by atoms with van der Waals surface area (Å²) in [6, 6.07) is 4.98. The first kappa shape index (κ1) is 22.6. The summed E-state index contributed by atoms with van der Waals surface area (Å²) in [5, 5.41) is 9.20. The highest BCUT2D eigenvalue weighted by molar-refractivity contribution is 5.87. The van der Waals surface area contributed by atoms with Crippen LogP contribution in [0.5, 0.6) is 0 Å². The molecule has 7 nitrogen and oxygen atoms in total. The highest BCUT2D eigenvalue weighted by atomic mass is 19.4. The van der Waals surface area contributed by atoms with E-state index in [0.29, 0.717) is 31.5 Å². The quantitative estimate of drug-likeness (QED) is 0.741. The Kier molecular flexibility index (Phi) is 5.90. The van der Waals surface area contributed by atoms with Gasteiger partial charge in [0.15, 0.2) is 0 Å². The Bertz CT molecular complexity index is 929. The van der Waals surface area contributed by atoms with Crippen LogP contribution in [0, 0.1) is 11.3 Å². The van der Waals surface area contributed by atoms with Crippen LogP contribution >= 0.6 is 0 Å². The molecule has 0 aromatic heterocycles. The number of nitriles is 1. The van der Waals surface area contributed by atoms with E-state index in [0.717, 1.165) is 18.6 Å². The molecule has 3 aliphatic rings. The SMILES string of the molecule is C[C@@H](c1ccc(C(F)(F)F)cc1)N1C(=O)[C@@H]2CC1CN2C[C@H](N)C(=O)N1CCC[C@H]1C#N. The Hall–Kier alpha value is -2.64. The molecule has 0 spiro atoms. The summed E-state index contributed by atoms with van der Waals surface area (Å²) in [5.41, 5.74) is 6.08. The Morgan fingerprint density at radius 2 is 2.00 bits per heavy atom. The number of halogens is 3. The molecule has 2 N–H and O–H groups in total. The molecule has 1 aromatic rings. The summed E-state index contributed by atoms with van der Waals surface area (Å²) in [4.78, 5) is 30.9. The lowest BCUT2D eigenvalue weighted by Gasteiger charge is -2.38. The number of nitrogens with two attached hydrogens (primary N) is 1. The lowest BCUT2D eigenvalue weighted by molar-refractivity contribution is -0.141. The molecule has 3 fully saturated rings. The van der Waals surface area contributed by atoms with Crippen molar-refractivity contribution in [3.8, 4) is 6.07 Å². The van der Waals surface area contributed by atoms with Crippen molar-refractivity contribution in [3.63, 3.8) is 0 Å². The Balaban J connectivity index is 1.39. The third-order valence-electron chi connectivity index (χ3n) is 6.89. The van der Waals surface area contributed by atoms with Crippen LogP contribution in [-0.4, -0.2) is 70.3 Å². The number of piperazine rings is 1. The molecule has 2 bridgehead atoms. The highest BCUT2D eigenvalue weighted by Crippen LogP contribution is 2.38. The van der Waals surface area contributed by atoms with Crippen molar-refractivity contribution >= 4 is 11.8 Å². The smallest absolute Gasteiger partial charge is 0.330 e. The van der Waals surface area contributed by atoms with Gasteiger partial charge in [-0.05, 0) is 43.9 Å². The third kappa shape index (κ3) is 3.95. The zero-order valence-corrected chi connectivity index (χ0v) is 17.8. The molecule has 0 aliphatic carbocycles. The van der Waals surface area contributed by atoms with Crippen molar-refractivity contribution in [2.24, 2.45) is 5.73 Å². The highest BCUT2D eigenvalue weighted by Gasteiger charge is 2.51. The Labute approximate surface area is 184 Å². The van der Waals surface area contributed by atoms with Gasteiger partial charge in [-0.15, -0.1) is 0 Å². The number of rotatable bonds is 5. The fraction of sp³-hybridized carbons (Fsp3) is 0.591. The number of hydrogen-bond acceptors (Lipinski definition) is 5. The standard InChI is InChI=1S/C22H26F3N5O2/c1-13(14-4-6-15(7-5-14)22(23,24)25)30-17-9-19(21(30)32)28(11-17)12-18(27)20(31)29-8-2-3-16(29)10-26/h4-7,13,16-19H,2-3,8-9,11-12,27H2,1H3/t13-,16-,17?,18-,19-/m0/s1. The molecular weight excluding hydrogens is 423 g/mol. The first-order valence-electron chi connectivity index (χ1n) is 10.8. The summed E-state index contributed by atoms with van der Waals surface area (Å²) in [6.45, 7) is 3.14. The third-order valence-corrected chi connectivity index (χ3v) is 6.89. The van der Waals surface area contributed by atoms with Crippen molar-refractivity contribution in [2.75, 3.05) is 19.6 Å². The van der Waals surface area contributed by atoms with Gasteiger partial charge < -0.3 is 15.5 Å². The molecule has 3 aliphatic heterocycles. The second kappa shape index (κ2) is 8.37. The predicted octanol–water partition coefficient (Wildman–Crippen LogP) is 1.89. The van der Waals surface area contributed by atoms with Crippen molar-refractivity contribution < 1.29 is 22.8 Å². The van der Waals surface area contributed by atoms with Gasteiger partial charge in [-0.1, -0.05) is 12.1 Å². The van der Waals surface area contributed by atoms with Crippen LogP contribution < -0.4 is 5.73 Å². The maximum Gasteiger partial charge on any atom is 0.416 e. The maximum atomic E-state index is 13.0. The zero-order valence-electron chi connectivity index (χ0n) is 17.8. The fourth-order valence-corrected chi connectivity index (χ4v) is 5.22. The van der Waals surface area contributed by atoms with Gasteiger partial charge in [0.1, 0.15) is 6.04 Å². The second-order valence-electron chi connectivity index (χ2n) is 8.83. The number of fused-ring (bicyclic) bond motifs is 2. The minimum atomic E-state index is -4.40. The van der Waals surface area contributed by atoms with E-state index in [2.05, 4.69) is 6.07 Å². The maximum absolute atomic E-state index is 13.0. The van der Waals surface area contributed by atoms with Crippen molar-refractivity contribution in [1.29, 1.82) is 5.26 Å². The van der Waals surface area contributed by atoms with Gasteiger partial charge >= 0.3 is 6.18 Å². The molecule has 32 heavy (non-hydrogen) atoms. The largest absolute Gasteiger partial charge is 0.416 e. The van der Waals surface area contributed by atoms with Gasteiger partial charge in [-0.2, -0.15) is 18.4 Å². The molecule has 3 saturated heterocycles. The van der Waals surface area contributed by atoms with Crippen LogP contribution in [-0.2, 0) is 15.8 Å². The number of carbonyl (C=O) groups excluding carboxylic acids is 2. The molecule has 3 heterocycles. The second-order valence-corrected chi connectivity index (χ2v) is 8.83. The van der Waals surface area contributed by atoms with Crippen molar-refractivity contribution in [2.45, 2.75) is 62.6 Å². The van der Waals surface area contributed by atoms with Crippen LogP contribution in [0.3, 0.4) is 0 Å². The Morgan fingerprint density at radius 1 is 1.31 bits per heavy atom. The average Bonchev–Trinajstić information content (AvgIpc) is 3.46. The predicted molar refractivity (Wildman–Crippen MR) is 109 cm³/mol. The minimum Gasteiger partial charge on any atom is -0.330 e. The van der Waals surface area contributed by atoms with Crippen molar-refractivity contribution in [1.82, 2.24) is 14.7 Å². The topological polar surface area (TPSA) is 93.7 Å². The average molecular weight is 449 g/mol. The Morgan fingerprint density at radius 3 is 2.59 bits per heavy atom. The van der Waals surface area contributed by atoms with Gasteiger partial charge in [0.25, 0.3) is 0 Å². The number of carbonyl (C=O) groups is 2. The van der Waals surface area contributed by atoms with Gasteiger partial charge in [0.2, 0.25) is 11.8 Å². The molecule has 10 heteroatoms. The lowest BCUT2D eigenvalue weighted by Crippen LogP contribution is -2.56. The molecule has 0 radical (unpaired) electrons. The van der Waals surface area contributed by atoms with E-state index >= 15 is 0 Å². The summed E-state index contributed by atoms with van der Waals surface area (Å²) < 4.78 is 38.5. The van der Waals surface area contributed by atoms with E-state index in [1.807, 2.05) is 11.8 Å². The van der Waals surface area contributed by atoms with Gasteiger partial charge in [-0.25, -0.2) is 0 Å². The van der Waals surface area contributed by atoms with E-state index in [1.165, 1.54) is 17.0 Å². The number of hydrogen-bond donors (Lipinski definition) is 1. The fourth-order valence-electron chi connectivity index (χ4n) is 5.22. The molecule has 1 aromatic carbocycles. The molecule has 4 rings (SSSR count). The lowest BCUT2D eigenvalue weighted by atomic mass is 10.0. The van der Waals surface area contributed by atoms with E-state index in [9.17, 15) is 28.0 Å². The molecule has 0 saturated carbocycles. The van der Waals surface area contributed by atoms with Gasteiger partial charge in [0.05, 0.1) is 29.8 Å². The zero-order chi connectivity index (χ0) is 23.2. The first-order valence-corrected chi connectivity index (χ1v) is 10.8. The van der Waals surface area contributed by atoms with E-state index in [-0.39, 0.29) is 36.5 Å². The molecular formula is C22H26F3N5O2. The van der Waals surface area contributed by atoms with Gasteiger partial charge in [-0.3, -0.25) is 14.5 Å². The minimum absolute atomic E-state index is 0.0780. The monoisotopic (exact) mass is 449 g/mol. The molecule has 2 amide bonds. The van der Waals surface area contributed by atoms with Crippen LogP contribution in [0.1, 0.15) is 43.4 Å². The van der Waals surface area contributed by atoms with Crippen LogP contribution in [0.2, 0.25) is 0 Å². The normalized spacial score (nSPS) is 27.6. The van der Waals surface area contributed by atoms with Crippen LogP contribution in [0.25, 0.3) is 0 Å². The summed E-state index contributed by atoms with van der Waals surface area (Å²) in [6.07, 6.45) is -2.36. The van der Waals surface area contributed by atoms with E-state index in [1.54, 1.807) is 4.90 Å². The van der Waals surface area contributed by atoms with Crippen molar-refractivity contribution in [3.05, 3.63) is 35.4 Å². The van der Waals surface area contributed by atoms with Crippen LogP contribution in [0.4, 0.5) is 13.2 Å². The first-order chi connectivity index (χ1) is 15.1. The summed E-state index contributed by atoms with van der Waals surface area (Å²) >= 11 is 0. The number of likely N-dealkylation sites (tertiary alicyclic amines) is 3. The number of benzene rings is 1. The summed E-state index contributed by atoms with van der Waals surface area (Å²) in [7, 11) is 0. The summed E-state index contributed by atoms with van der Waals surface area (Å²) in [5.74, 6) is -0.358. The van der Waals surface area contributed by atoms with E-state index < -0.39 is 23.8 Å². The van der Waals surface area contributed by atoms with Gasteiger partial charge in [0, 0.05) is 25.7 Å². The number of nitrogens with zero attached hydrogens (tertiary/aromatic N) is 4. The number of amides is 2. The van der Waals surface area contributed by atoms with E-state index in [4.69, 9.17) is 5.73 Å². The molecule has 172 valence electrons. The number of alkyl halides is 3. The molecule has 1 unspecified atom stereocenters. The van der Waals surface area contributed by atoms with Crippen LogP contribution in [0.15, 0.2) is 24.3 Å².